The van der Waals surface area contributed by atoms with Crippen LogP contribution < -0.4 is 9.46 Å². The summed E-state index contributed by atoms with van der Waals surface area (Å²) in [5, 5.41) is 10.7. The van der Waals surface area contributed by atoms with Crippen LogP contribution in [0.25, 0.3) is 10.9 Å². The normalized spacial score (nSPS) is 12.1. The number of ether oxygens (including phenoxy) is 1. The van der Waals surface area contributed by atoms with Gasteiger partial charge in [0.15, 0.2) is 0 Å². The van der Waals surface area contributed by atoms with Gasteiger partial charge in [0.25, 0.3) is 0 Å². The molecule has 0 bridgehead atoms. The standard InChI is InChI=1S/C29H27FN2O5S/c1-3-4-16-37-23-12-14-24(15-13-23)38(35,36)31-27(29(33)34)18-26-20(2)32(28-11-6-5-10-25(26)28)19-21-8-7-9-22(30)17-21/h5-15,17,27,31H,16,18-19H2,1-2H3,(H,33,34). The number of hydrogen-bond donors (Lipinski definition) is 2. The van der Waals surface area contributed by atoms with E-state index in [1.165, 1.54) is 36.4 Å². The number of aliphatic carboxylic acids is 1. The minimum atomic E-state index is -4.14. The van der Waals surface area contributed by atoms with Crippen LogP contribution in [0.4, 0.5) is 4.39 Å². The molecule has 3 aromatic carbocycles. The smallest absolute Gasteiger partial charge is 0.322 e. The third-order valence-electron chi connectivity index (χ3n) is 6.22. The molecule has 0 spiro atoms. The van der Waals surface area contributed by atoms with Crippen molar-refractivity contribution in [3.05, 3.63) is 95.4 Å². The van der Waals surface area contributed by atoms with Crippen LogP contribution in [-0.4, -0.2) is 36.7 Å². The molecule has 0 aliphatic rings. The number of fused-ring (bicyclic) bond motifs is 1. The Morgan fingerprint density at radius 1 is 1.11 bits per heavy atom. The summed E-state index contributed by atoms with van der Waals surface area (Å²) in [5.41, 5.74) is 3.08. The number of carboxylic acid groups (broad SMARTS) is 1. The number of carbonyl (C=O) groups is 1. The molecule has 1 heterocycles. The first-order chi connectivity index (χ1) is 18.2. The van der Waals surface area contributed by atoms with Crippen LogP contribution >= 0.6 is 0 Å². The van der Waals surface area contributed by atoms with Crippen molar-refractivity contribution >= 4 is 26.9 Å². The molecule has 0 saturated carbocycles. The Bertz CT molecular complexity index is 1630. The molecule has 1 aromatic heterocycles. The minimum Gasteiger partial charge on any atom is -0.481 e. The molecule has 4 rings (SSSR count). The van der Waals surface area contributed by atoms with Crippen molar-refractivity contribution in [3.63, 3.8) is 0 Å². The van der Waals surface area contributed by atoms with Crippen molar-refractivity contribution < 1.29 is 27.4 Å². The third-order valence-corrected chi connectivity index (χ3v) is 7.70. The zero-order valence-corrected chi connectivity index (χ0v) is 21.8. The van der Waals surface area contributed by atoms with E-state index in [0.717, 1.165) is 22.2 Å². The molecule has 2 N–H and O–H groups in total. The summed E-state index contributed by atoms with van der Waals surface area (Å²) >= 11 is 0. The second-order valence-electron chi connectivity index (χ2n) is 8.70. The molecule has 0 saturated heterocycles. The zero-order valence-electron chi connectivity index (χ0n) is 20.9. The fraction of sp³-hybridized carbons (Fsp3) is 0.207. The Morgan fingerprint density at radius 2 is 1.84 bits per heavy atom. The van der Waals surface area contributed by atoms with Gasteiger partial charge in [0, 0.05) is 29.6 Å². The fourth-order valence-electron chi connectivity index (χ4n) is 4.33. The summed E-state index contributed by atoms with van der Waals surface area (Å²) in [6, 6.07) is 18.0. The van der Waals surface area contributed by atoms with Gasteiger partial charge in [-0.05, 0) is 67.4 Å². The highest BCUT2D eigenvalue weighted by molar-refractivity contribution is 7.89. The lowest BCUT2D eigenvalue weighted by Crippen LogP contribution is -2.42. The molecule has 0 radical (unpaired) electrons. The number of sulfonamides is 1. The van der Waals surface area contributed by atoms with E-state index in [2.05, 4.69) is 16.6 Å². The molecule has 9 heteroatoms. The number of hydrogen-bond acceptors (Lipinski definition) is 4. The van der Waals surface area contributed by atoms with E-state index in [9.17, 15) is 22.7 Å². The van der Waals surface area contributed by atoms with Gasteiger partial charge >= 0.3 is 5.97 Å². The van der Waals surface area contributed by atoms with E-state index < -0.39 is 22.0 Å². The lowest BCUT2D eigenvalue weighted by atomic mass is 10.0. The van der Waals surface area contributed by atoms with Crippen LogP contribution in [0.3, 0.4) is 0 Å². The Labute approximate surface area is 220 Å². The fourth-order valence-corrected chi connectivity index (χ4v) is 5.52. The summed E-state index contributed by atoms with van der Waals surface area (Å²) in [6.07, 6.45) is -0.0755. The van der Waals surface area contributed by atoms with Gasteiger partial charge in [-0.2, -0.15) is 4.72 Å². The molecule has 0 aliphatic carbocycles. The van der Waals surface area contributed by atoms with E-state index in [4.69, 9.17) is 4.74 Å². The largest absolute Gasteiger partial charge is 0.481 e. The Hall–Kier alpha value is -4.13. The van der Waals surface area contributed by atoms with Gasteiger partial charge in [0.05, 0.1) is 4.90 Å². The quantitative estimate of drug-likeness (QED) is 0.292. The molecule has 7 nitrogen and oxygen atoms in total. The Balaban J connectivity index is 1.61. The Kier molecular flexibility index (Phi) is 8.15. The molecule has 0 aliphatic heterocycles. The van der Waals surface area contributed by atoms with Gasteiger partial charge < -0.3 is 14.4 Å². The van der Waals surface area contributed by atoms with Crippen LogP contribution in [0.15, 0.2) is 77.7 Å². The molecule has 0 fully saturated rings. The predicted octanol–water partition coefficient (Wildman–Crippen LogP) is 4.51. The average Bonchev–Trinajstić information content (AvgIpc) is 3.14. The number of carboxylic acids is 1. The number of nitrogens with one attached hydrogen (secondary N) is 1. The van der Waals surface area contributed by atoms with Gasteiger partial charge in [-0.15, -0.1) is 5.92 Å². The summed E-state index contributed by atoms with van der Waals surface area (Å²) in [5.74, 6) is 4.26. The molecule has 1 atom stereocenters. The minimum absolute atomic E-state index is 0.0755. The highest BCUT2D eigenvalue weighted by Gasteiger charge is 2.28. The molecule has 38 heavy (non-hydrogen) atoms. The number of nitrogens with zero attached hydrogens (tertiary/aromatic N) is 1. The highest BCUT2D eigenvalue weighted by atomic mass is 32.2. The van der Waals surface area contributed by atoms with Crippen molar-refractivity contribution in [2.75, 3.05) is 6.61 Å². The number of rotatable bonds is 10. The average molecular weight is 535 g/mol. The lowest BCUT2D eigenvalue weighted by molar-refractivity contribution is -0.138. The number of halogens is 1. The monoisotopic (exact) mass is 534 g/mol. The molecular weight excluding hydrogens is 507 g/mol. The van der Waals surface area contributed by atoms with E-state index in [0.29, 0.717) is 17.9 Å². The first-order valence-electron chi connectivity index (χ1n) is 11.9. The van der Waals surface area contributed by atoms with Gasteiger partial charge in [-0.3, -0.25) is 4.79 Å². The summed E-state index contributed by atoms with van der Waals surface area (Å²) < 4.78 is 49.6. The van der Waals surface area contributed by atoms with Gasteiger partial charge in [-0.1, -0.05) is 36.3 Å². The summed E-state index contributed by atoms with van der Waals surface area (Å²) in [6.45, 7) is 4.09. The summed E-state index contributed by atoms with van der Waals surface area (Å²) in [7, 11) is -4.14. The third kappa shape index (κ3) is 6.05. The topological polar surface area (TPSA) is 97.6 Å². The van der Waals surface area contributed by atoms with E-state index in [1.807, 2.05) is 41.8 Å². The zero-order chi connectivity index (χ0) is 27.3. The number of aromatic nitrogens is 1. The molecule has 4 aromatic rings. The predicted molar refractivity (Wildman–Crippen MR) is 143 cm³/mol. The van der Waals surface area contributed by atoms with E-state index in [-0.39, 0.29) is 23.7 Å². The van der Waals surface area contributed by atoms with Crippen molar-refractivity contribution in [1.29, 1.82) is 0 Å². The second-order valence-corrected chi connectivity index (χ2v) is 10.4. The van der Waals surface area contributed by atoms with Crippen LogP contribution in [0.5, 0.6) is 5.75 Å². The van der Waals surface area contributed by atoms with Crippen molar-refractivity contribution in [2.24, 2.45) is 0 Å². The highest BCUT2D eigenvalue weighted by Crippen LogP contribution is 2.28. The van der Waals surface area contributed by atoms with Gasteiger partial charge in [0.2, 0.25) is 10.0 Å². The second kappa shape index (κ2) is 11.5. The van der Waals surface area contributed by atoms with Crippen molar-refractivity contribution in [3.8, 4) is 17.6 Å². The van der Waals surface area contributed by atoms with Gasteiger partial charge in [0.1, 0.15) is 24.2 Å². The molecular formula is C29H27FN2O5S. The van der Waals surface area contributed by atoms with E-state index >= 15 is 0 Å². The molecule has 0 amide bonds. The van der Waals surface area contributed by atoms with Crippen LogP contribution in [0.1, 0.15) is 23.7 Å². The SMILES string of the molecule is CC#CCOc1ccc(S(=O)(=O)NC(Cc2c(C)n(Cc3cccc(F)c3)c3ccccc23)C(=O)O)cc1. The maximum atomic E-state index is 13.8. The van der Waals surface area contributed by atoms with Crippen LogP contribution in [-0.2, 0) is 27.8 Å². The maximum Gasteiger partial charge on any atom is 0.322 e. The first-order valence-corrected chi connectivity index (χ1v) is 13.4. The number of benzene rings is 3. The number of para-hydroxylation sites is 1. The van der Waals surface area contributed by atoms with Crippen LogP contribution in [0.2, 0.25) is 0 Å². The molecule has 196 valence electrons. The van der Waals surface area contributed by atoms with Crippen molar-refractivity contribution in [1.82, 2.24) is 9.29 Å². The summed E-state index contributed by atoms with van der Waals surface area (Å²) in [4.78, 5) is 12.1. The van der Waals surface area contributed by atoms with Crippen LogP contribution in [0, 0.1) is 24.6 Å². The van der Waals surface area contributed by atoms with Crippen molar-refractivity contribution in [2.45, 2.75) is 37.8 Å². The first kappa shape index (κ1) is 26.9. The Morgan fingerprint density at radius 3 is 2.53 bits per heavy atom. The lowest BCUT2D eigenvalue weighted by Gasteiger charge is -2.16. The molecule has 1 unspecified atom stereocenters. The van der Waals surface area contributed by atoms with E-state index in [1.54, 1.807) is 13.0 Å². The maximum absolute atomic E-state index is 13.8. The van der Waals surface area contributed by atoms with Gasteiger partial charge in [-0.25, -0.2) is 12.8 Å².